The molecule has 4 aromatic rings. The van der Waals surface area contributed by atoms with Crippen molar-refractivity contribution in [2.45, 2.75) is 0 Å². The molecule has 1 aromatic heterocycles. The fraction of sp³-hybridized carbons (Fsp3) is 0. The molecule has 23 heavy (non-hydrogen) atoms. The SMILES string of the molecule is Nc1ncc2cc(-c3ccc(Cl)c(Cl)c3)c3ccccc3c2n1. The third kappa shape index (κ3) is 2.38. The summed E-state index contributed by atoms with van der Waals surface area (Å²) in [6.07, 6.45) is 1.74. The molecule has 0 saturated heterocycles. The average Bonchev–Trinajstić information content (AvgIpc) is 2.57. The number of benzene rings is 3. The number of fused-ring (bicyclic) bond motifs is 3. The van der Waals surface area contributed by atoms with Crippen LogP contribution in [0.5, 0.6) is 0 Å². The van der Waals surface area contributed by atoms with Crippen LogP contribution >= 0.6 is 23.2 Å². The van der Waals surface area contributed by atoms with E-state index in [0.29, 0.717) is 10.0 Å². The molecule has 0 saturated carbocycles. The molecule has 0 bridgehead atoms. The van der Waals surface area contributed by atoms with Crippen molar-refractivity contribution in [3.05, 3.63) is 64.8 Å². The van der Waals surface area contributed by atoms with E-state index in [2.05, 4.69) is 22.1 Å². The molecule has 0 aliphatic rings. The van der Waals surface area contributed by atoms with E-state index in [-0.39, 0.29) is 5.95 Å². The van der Waals surface area contributed by atoms with Gasteiger partial charge < -0.3 is 5.73 Å². The Morgan fingerprint density at radius 1 is 0.870 bits per heavy atom. The number of hydrogen-bond acceptors (Lipinski definition) is 3. The predicted molar refractivity (Wildman–Crippen MR) is 96.9 cm³/mol. The van der Waals surface area contributed by atoms with Crippen molar-refractivity contribution in [1.82, 2.24) is 9.97 Å². The molecule has 4 rings (SSSR count). The van der Waals surface area contributed by atoms with Crippen LogP contribution in [0.3, 0.4) is 0 Å². The summed E-state index contributed by atoms with van der Waals surface area (Å²) in [5, 5.41) is 4.11. The number of nitrogens with two attached hydrogens (primary N) is 1. The second-order valence-corrected chi connectivity index (χ2v) is 6.08. The Morgan fingerprint density at radius 2 is 1.65 bits per heavy atom. The fourth-order valence-electron chi connectivity index (χ4n) is 2.79. The number of halogens is 2. The van der Waals surface area contributed by atoms with Crippen LogP contribution in [0.15, 0.2) is 54.7 Å². The molecule has 3 nitrogen and oxygen atoms in total. The lowest BCUT2D eigenvalue weighted by Gasteiger charge is -2.11. The zero-order chi connectivity index (χ0) is 16.0. The third-order valence-electron chi connectivity index (χ3n) is 3.84. The van der Waals surface area contributed by atoms with Crippen LogP contribution in [0.1, 0.15) is 0 Å². The number of nitrogen functional groups attached to an aromatic ring is 1. The molecule has 112 valence electrons. The van der Waals surface area contributed by atoms with Crippen molar-refractivity contribution in [3.8, 4) is 11.1 Å². The lowest BCUT2D eigenvalue weighted by molar-refractivity contribution is 1.24. The zero-order valence-electron chi connectivity index (χ0n) is 11.9. The quantitative estimate of drug-likeness (QED) is 0.476. The van der Waals surface area contributed by atoms with Crippen LogP contribution in [0, 0.1) is 0 Å². The Kier molecular flexibility index (Phi) is 3.33. The Labute approximate surface area is 142 Å². The molecule has 5 heteroatoms. The van der Waals surface area contributed by atoms with Gasteiger partial charge in [-0.2, -0.15) is 0 Å². The highest BCUT2D eigenvalue weighted by Gasteiger charge is 2.11. The summed E-state index contributed by atoms with van der Waals surface area (Å²) in [6.45, 7) is 0. The van der Waals surface area contributed by atoms with E-state index in [9.17, 15) is 0 Å². The van der Waals surface area contributed by atoms with E-state index in [4.69, 9.17) is 28.9 Å². The van der Waals surface area contributed by atoms with Gasteiger partial charge in [0.05, 0.1) is 15.6 Å². The van der Waals surface area contributed by atoms with Gasteiger partial charge in [0, 0.05) is 17.0 Å². The monoisotopic (exact) mass is 339 g/mol. The van der Waals surface area contributed by atoms with Gasteiger partial charge in [-0.05, 0) is 34.7 Å². The largest absolute Gasteiger partial charge is 0.368 e. The highest BCUT2D eigenvalue weighted by molar-refractivity contribution is 6.42. The summed E-state index contributed by atoms with van der Waals surface area (Å²) < 4.78 is 0. The van der Waals surface area contributed by atoms with Crippen LogP contribution in [-0.4, -0.2) is 9.97 Å². The summed E-state index contributed by atoms with van der Waals surface area (Å²) in [5.41, 5.74) is 8.64. The lowest BCUT2D eigenvalue weighted by atomic mass is 9.96. The van der Waals surface area contributed by atoms with Gasteiger partial charge in [-0.3, -0.25) is 0 Å². The Morgan fingerprint density at radius 3 is 2.43 bits per heavy atom. The molecule has 1 heterocycles. The van der Waals surface area contributed by atoms with Gasteiger partial charge in [-0.1, -0.05) is 53.5 Å². The first kappa shape index (κ1) is 14.2. The van der Waals surface area contributed by atoms with Crippen LogP contribution in [-0.2, 0) is 0 Å². The molecule has 0 unspecified atom stereocenters. The predicted octanol–water partition coefficient (Wildman–Crippen LogP) is 5.34. The summed E-state index contributed by atoms with van der Waals surface area (Å²) in [7, 11) is 0. The van der Waals surface area contributed by atoms with Crippen molar-refractivity contribution < 1.29 is 0 Å². The van der Waals surface area contributed by atoms with Crippen molar-refractivity contribution >= 4 is 50.8 Å². The van der Waals surface area contributed by atoms with E-state index >= 15 is 0 Å². The van der Waals surface area contributed by atoms with Crippen LogP contribution in [0.4, 0.5) is 5.95 Å². The maximum Gasteiger partial charge on any atom is 0.220 e. The first-order chi connectivity index (χ1) is 11.1. The Hall–Kier alpha value is -2.36. The number of nitrogens with zero attached hydrogens (tertiary/aromatic N) is 2. The molecule has 0 atom stereocenters. The van der Waals surface area contributed by atoms with E-state index in [1.807, 2.05) is 30.3 Å². The van der Waals surface area contributed by atoms with E-state index in [1.165, 1.54) is 0 Å². The van der Waals surface area contributed by atoms with Crippen molar-refractivity contribution in [2.24, 2.45) is 0 Å². The fourth-order valence-corrected chi connectivity index (χ4v) is 3.08. The van der Waals surface area contributed by atoms with Crippen LogP contribution < -0.4 is 5.73 Å². The maximum atomic E-state index is 6.18. The molecular weight excluding hydrogens is 329 g/mol. The number of anilines is 1. The van der Waals surface area contributed by atoms with E-state index < -0.39 is 0 Å². The van der Waals surface area contributed by atoms with Gasteiger partial charge >= 0.3 is 0 Å². The van der Waals surface area contributed by atoms with E-state index in [0.717, 1.165) is 32.8 Å². The van der Waals surface area contributed by atoms with Gasteiger partial charge in [0.15, 0.2) is 0 Å². The van der Waals surface area contributed by atoms with Gasteiger partial charge in [-0.15, -0.1) is 0 Å². The number of aromatic nitrogens is 2. The van der Waals surface area contributed by atoms with Gasteiger partial charge in [0.25, 0.3) is 0 Å². The maximum absolute atomic E-state index is 6.18. The molecule has 2 N–H and O–H groups in total. The summed E-state index contributed by atoms with van der Waals surface area (Å²) >= 11 is 12.2. The molecule has 0 aliphatic heterocycles. The topological polar surface area (TPSA) is 51.8 Å². The smallest absolute Gasteiger partial charge is 0.220 e. The highest BCUT2D eigenvalue weighted by Crippen LogP contribution is 2.36. The molecule has 0 aliphatic carbocycles. The first-order valence-corrected chi connectivity index (χ1v) is 7.78. The number of hydrogen-bond donors (Lipinski definition) is 1. The van der Waals surface area contributed by atoms with Crippen LogP contribution in [0.2, 0.25) is 10.0 Å². The minimum absolute atomic E-state index is 0.268. The minimum atomic E-state index is 0.268. The van der Waals surface area contributed by atoms with Crippen molar-refractivity contribution in [2.75, 3.05) is 5.73 Å². The zero-order valence-corrected chi connectivity index (χ0v) is 13.4. The summed E-state index contributed by atoms with van der Waals surface area (Å²) in [4.78, 5) is 8.49. The summed E-state index contributed by atoms with van der Waals surface area (Å²) in [5.74, 6) is 0.268. The minimum Gasteiger partial charge on any atom is -0.368 e. The Bertz CT molecular complexity index is 1060. The van der Waals surface area contributed by atoms with Gasteiger partial charge in [-0.25, -0.2) is 9.97 Å². The standard InChI is InChI=1S/C18H11Cl2N3/c19-15-6-5-10(8-16(15)20)14-7-11-9-22-18(21)23-17(11)13-4-2-1-3-12(13)14/h1-9H,(H2,21,22,23). The van der Waals surface area contributed by atoms with E-state index in [1.54, 1.807) is 12.3 Å². The third-order valence-corrected chi connectivity index (χ3v) is 4.58. The highest BCUT2D eigenvalue weighted by atomic mass is 35.5. The molecule has 0 spiro atoms. The van der Waals surface area contributed by atoms with Crippen molar-refractivity contribution in [3.63, 3.8) is 0 Å². The Balaban J connectivity index is 2.12. The molecule has 3 aromatic carbocycles. The second kappa shape index (κ2) is 5.37. The lowest BCUT2D eigenvalue weighted by Crippen LogP contribution is -1.95. The molecule has 0 amide bonds. The molecular formula is C18H11Cl2N3. The molecule has 0 fully saturated rings. The number of rotatable bonds is 1. The first-order valence-electron chi connectivity index (χ1n) is 7.03. The average molecular weight is 340 g/mol. The summed E-state index contributed by atoms with van der Waals surface area (Å²) in [6, 6.07) is 15.8. The van der Waals surface area contributed by atoms with Crippen molar-refractivity contribution in [1.29, 1.82) is 0 Å². The van der Waals surface area contributed by atoms with Gasteiger partial charge in [0.2, 0.25) is 5.95 Å². The van der Waals surface area contributed by atoms with Crippen LogP contribution in [0.25, 0.3) is 32.8 Å². The molecule has 0 radical (unpaired) electrons. The normalized spacial score (nSPS) is 11.2. The van der Waals surface area contributed by atoms with Gasteiger partial charge in [0.1, 0.15) is 0 Å². The second-order valence-electron chi connectivity index (χ2n) is 5.26.